The van der Waals surface area contributed by atoms with Crippen molar-refractivity contribution in [3.8, 4) is 0 Å². The molecular weight excluding hydrogens is 234 g/mol. The van der Waals surface area contributed by atoms with E-state index in [0.29, 0.717) is 6.04 Å². The molecule has 0 saturated heterocycles. The van der Waals surface area contributed by atoms with Gasteiger partial charge in [-0.25, -0.2) is 0 Å². The molecule has 2 N–H and O–H groups in total. The van der Waals surface area contributed by atoms with Gasteiger partial charge in [-0.05, 0) is 71.8 Å². The smallest absolute Gasteiger partial charge is 0.0194 e. The zero-order valence-electron chi connectivity index (χ0n) is 14.2. The van der Waals surface area contributed by atoms with Crippen molar-refractivity contribution in [2.75, 3.05) is 40.3 Å². The van der Waals surface area contributed by atoms with E-state index in [1.54, 1.807) is 0 Å². The minimum atomic E-state index is 0.645. The Morgan fingerprint density at radius 2 is 1.68 bits per heavy atom. The Labute approximate surface area is 121 Å². The molecule has 2 unspecified atom stereocenters. The number of nitrogens with zero attached hydrogens (tertiary/aromatic N) is 2. The number of nitrogens with two attached hydrogens (primary N) is 1. The molecule has 0 radical (unpaired) electrons. The summed E-state index contributed by atoms with van der Waals surface area (Å²) in [6.45, 7) is 13.6. The minimum Gasteiger partial charge on any atom is -0.330 e. The molecule has 0 aromatic rings. The highest BCUT2D eigenvalue weighted by Crippen LogP contribution is 2.20. The lowest BCUT2D eigenvalue weighted by Gasteiger charge is -2.30. The summed E-state index contributed by atoms with van der Waals surface area (Å²) >= 11 is 0. The fourth-order valence-corrected chi connectivity index (χ4v) is 2.92. The van der Waals surface area contributed by atoms with Crippen LogP contribution in [0.4, 0.5) is 0 Å². The quantitative estimate of drug-likeness (QED) is 0.627. The van der Waals surface area contributed by atoms with Gasteiger partial charge in [-0.3, -0.25) is 4.90 Å². The van der Waals surface area contributed by atoms with E-state index in [2.05, 4.69) is 51.6 Å². The average molecular weight is 271 g/mol. The molecule has 19 heavy (non-hydrogen) atoms. The highest BCUT2D eigenvalue weighted by molar-refractivity contribution is 4.70. The van der Waals surface area contributed by atoms with Crippen LogP contribution in [0.15, 0.2) is 0 Å². The third-order valence-corrected chi connectivity index (χ3v) is 4.16. The first-order chi connectivity index (χ1) is 8.92. The molecule has 0 amide bonds. The lowest BCUT2D eigenvalue weighted by atomic mass is 9.88. The Bertz CT molecular complexity index is 204. The second-order valence-electron chi connectivity index (χ2n) is 6.46. The monoisotopic (exact) mass is 271 g/mol. The zero-order chi connectivity index (χ0) is 14.8. The van der Waals surface area contributed by atoms with E-state index in [0.717, 1.165) is 31.5 Å². The summed E-state index contributed by atoms with van der Waals surface area (Å²) in [6.07, 6.45) is 3.80. The number of rotatable bonds is 11. The Morgan fingerprint density at radius 1 is 1.05 bits per heavy atom. The molecule has 3 nitrogen and oxygen atoms in total. The fraction of sp³-hybridized carbons (Fsp3) is 1.00. The average Bonchev–Trinajstić information content (AvgIpc) is 2.31. The van der Waals surface area contributed by atoms with Gasteiger partial charge < -0.3 is 10.6 Å². The molecule has 0 aliphatic rings. The maximum atomic E-state index is 5.71. The number of hydrogen-bond acceptors (Lipinski definition) is 3. The minimum absolute atomic E-state index is 0.645. The third-order valence-electron chi connectivity index (χ3n) is 4.16. The van der Waals surface area contributed by atoms with Gasteiger partial charge in [0.25, 0.3) is 0 Å². The standard InChI is InChI=1S/C16H37N3/c1-7-19(15(4)13-18(5)6)12-8-9-16(10-11-17)14(2)3/h14-16H,7-13,17H2,1-6H3. The topological polar surface area (TPSA) is 32.5 Å². The Hall–Kier alpha value is -0.120. The lowest BCUT2D eigenvalue weighted by Crippen LogP contribution is -2.40. The molecule has 0 rings (SSSR count). The van der Waals surface area contributed by atoms with Crippen LogP contribution in [0.5, 0.6) is 0 Å². The van der Waals surface area contributed by atoms with Crippen LogP contribution in [-0.4, -0.2) is 56.1 Å². The second-order valence-corrected chi connectivity index (χ2v) is 6.46. The highest BCUT2D eigenvalue weighted by atomic mass is 15.2. The van der Waals surface area contributed by atoms with Gasteiger partial charge in [-0.1, -0.05) is 20.8 Å². The molecule has 0 spiro atoms. The first kappa shape index (κ1) is 18.9. The number of hydrogen-bond donors (Lipinski definition) is 1. The van der Waals surface area contributed by atoms with Crippen LogP contribution in [0.25, 0.3) is 0 Å². The van der Waals surface area contributed by atoms with Gasteiger partial charge >= 0.3 is 0 Å². The summed E-state index contributed by atoms with van der Waals surface area (Å²) in [5, 5.41) is 0. The molecule has 2 atom stereocenters. The van der Waals surface area contributed by atoms with Crippen molar-refractivity contribution in [1.29, 1.82) is 0 Å². The molecule has 0 fully saturated rings. The van der Waals surface area contributed by atoms with Crippen LogP contribution in [0.2, 0.25) is 0 Å². The van der Waals surface area contributed by atoms with Crippen molar-refractivity contribution in [3.05, 3.63) is 0 Å². The van der Waals surface area contributed by atoms with Gasteiger partial charge in [0.1, 0.15) is 0 Å². The van der Waals surface area contributed by atoms with E-state index in [1.165, 1.54) is 25.8 Å². The highest BCUT2D eigenvalue weighted by Gasteiger charge is 2.15. The van der Waals surface area contributed by atoms with Crippen molar-refractivity contribution in [2.45, 2.75) is 53.0 Å². The second kappa shape index (κ2) is 10.6. The molecule has 3 heteroatoms. The SMILES string of the molecule is CCN(CCCC(CCN)C(C)C)C(C)CN(C)C. The summed E-state index contributed by atoms with van der Waals surface area (Å²) in [7, 11) is 4.31. The first-order valence-corrected chi connectivity index (χ1v) is 8.01. The van der Waals surface area contributed by atoms with E-state index >= 15 is 0 Å². The molecule has 0 aliphatic carbocycles. The third kappa shape index (κ3) is 8.61. The summed E-state index contributed by atoms with van der Waals surface area (Å²) < 4.78 is 0. The molecule has 0 heterocycles. The molecular formula is C16H37N3. The van der Waals surface area contributed by atoms with Crippen molar-refractivity contribution in [1.82, 2.24) is 9.80 Å². The van der Waals surface area contributed by atoms with Crippen LogP contribution in [0.3, 0.4) is 0 Å². The largest absolute Gasteiger partial charge is 0.330 e. The molecule has 0 bridgehead atoms. The van der Waals surface area contributed by atoms with Gasteiger partial charge in [-0.2, -0.15) is 0 Å². The summed E-state index contributed by atoms with van der Waals surface area (Å²) in [5.41, 5.74) is 5.71. The van der Waals surface area contributed by atoms with E-state index in [9.17, 15) is 0 Å². The Balaban J connectivity index is 4.05. The van der Waals surface area contributed by atoms with Crippen molar-refractivity contribution in [2.24, 2.45) is 17.6 Å². The van der Waals surface area contributed by atoms with Gasteiger partial charge in [0.2, 0.25) is 0 Å². The summed E-state index contributed by atoms with van der Waals surface area (Å²) in [5.74, 6) is 1.56. The van der Waals surface area contributed by atoms with Crippen molar-refractivity contribution < 1.29 is 0 Å². The van der Waals surface area contributed by atoms with Gasteiger partial charge in [-0.15, -0.1) is 0 Å². The summed E-state index contributed by atoms with van der Waals surface area (Å²) in [6, 6.07) is 0.645. The molecule has 0 aromatic carbocycles. The Kier molecular flexibility index (Phi) is 10.6. The van der Waals surface area contributed by atoms with Crippen LogP contribution >= 0.6 is 0 Å². The first-order valence-electron chi connectivity index (χ1n) is 8.01. The molecule has 0 aliphatic heterocycles. The van der Waals surface area contributed by atoms with Gasteiger partial charge in [0, 0.05) is 12.6 Å². The predicted octanol–water partition coefficient (Wildman–Crippen LogP) is 2.66. The van der Waals surface area contributed by atoms with Crippen LogP contribution in [0.1, 0.15) is 47.0 Å². The lowest BCUT2D eigenvalue weighted by molar-refractivity contribution is 0.172. The fourth-order valence-electron chi connectivity index (χ4n) is 2.92. The molecule has 0 saturated carbocycles. The van der Waals surface area contributed by atoms with Crippen LogP contribution < -0.4 is 5.73 Å². The maximum Gasteiger partial charge on any atom is 0.0194 e. The van der Waals surface area contributed by atoms with E-state index in [-0.39, 0.29) is 0 Å². The van der Waals surface area contributed by atoms with E-state index < -0.39 is 0 Å². The van der Waals surface area contributed by atoms with Gasteiger partial charge in [0.05, 0.1) is 0 Å². The van der Waals surface area contributed by atoms with Crippen LogP contribution in [0, 0.1) is 11.8 Å². The van der Waals surface area contributed by atoms with Crippen LogP contribution in [-0.2, 0) is 0 Å². The zero-order valence-corrected chi connectivity index (χ0v) is 14.2. The predicted molar refractivity (Wildman–Crippen MR) is 86.5 cm³/mol. The maximum absolute atomic E-state index is 5.71. The van der Waals surface area contributed by atoms with Crippen molar-refractivity contribution >= 4 is 0 Å². The molecule has 116 valence electrons. The molecule has 0 aromatic heterocycles. The summed E-state index contributed by atoms with van der Waals surface area (Å²) in [4.78, 5) is 4.87. The Morgan fingerprint density at radius 3 is 2.11 bits per heavy atom. The normalized spacial score (nSPS) is 15.5. The van der Waals surface area contributed by atoms with E-state index in [4.69, 9.17) is 5.73 Å². The van der Waals surface area contributed by atoms with E-state index in [1.807, 2.05) is 0 Å². The van der Waals surface area contributed by atoms with Crippen molar-refractivity contribution in [3.63, 3.8) is 0 Å². The van der Waals surface area contributed by atoms with Gasteiger partial charge in [0.15, 0.2) is 0 Å². The number of likely N-dealkylation sites (N-methyl/N-ethyl adjacent to an activating group) is 2.